The Hall–Kier alpha value is -4.37. The number of allylic oxidation sites excluding steroid dienone is 1. The number of hydrogen-bond acceptors (Lipinski definition) is 6. The summed E-state index contributed by atoms with van der Waals surface area (Å²) in [7, 11) is 0. The van der Waals surface area contributed by atoms with Gasteiger partial charge >= 0.3 is 0 Å². The number of non-ortho nitro benzene ring substituents is 1. The quantitative estimate of drug-likeness (QED) is 0.315. The molecule has 3 aromatic rings. The van der Waals surface area contributed by atoms with Crippen molar-refractivity contribution in [3.8, 4) is 0 Å². The van der Waals surface area contributed by atoms with E-state index in [1.165, 1.54) is 17.0 Å². The van der Waals surface area contributed by atoms with Gasteiger partial charge in [0, 0.05) is 67.9 Å². The summed E-state index contributed by atoms with van der Waals surface area (Å²) < 4.78 is 0.825. The molecule has 38 heavy (non-hydrogen) atoms. The molecule has 2 heterocycles. The first-order valence-electron chi connectivity index (χ1n) is 12.2. The first-order valence-corrected chi connectivity index (χ1v) is 12.9. The molecule has 0 saturated carbocycles. The number of anilines is 2. The van der Waals surface area contributed by atoms with E-state index >= 15 is 0 Å². The number of hydrogen-bond donors (Lipinski definition) is 1. The molecule has 9 heteroatoms. The average molecular weight is 568 g/mol. The number of rotatable bonds is 2. The zero-order valence-electron chi connectivity index (χ0n) is 19.8. The topological polar surface area (TPSA) is 110 Å². The summed E-state index contributed by atoms with van der Waals surface area (Å²) in [5, 5.41) is 15.1. The lowest BCUT2D eigenvalue weighted by Crippen LogP contribution is -2.47. The SMILES string of the molecule is O=C1CCCC2=C1C1(C(=O)N2c2ccc(Br)cc2)C2=C(Nc3ccc([N+](=O)[O-])cc31)c1ccccc1C2=O. The first kappa shape index (κ1) is 22.8. The van der Waals surface area contributed by atoms with Crippen LogP contribution in [0.15, 0.2) is 88.0 Å². The van der Waals surface area contributed by atoms with Crippen molar-refractivity contribution in [1.29, 1.82) is 0 Å². The van der Waals surface area contributed by atoms with Crippen LogP contribution in [0, 0.1) is 10.1 Å². The van der Waals surface area contributed by atoms with Crippen molar-refractivity contribution in [1.82, 2.24) is 0 Å². The van der Waals surface area contributed by atoms with Crippen LogP contribution in [0.2, 0.25) is 0 Å². The number of nitrogens with zero attached hydrogens (tertiary/aromatic N) is 2. The number of halogens is 1. The summed E-state index contributed by atoms with van der Waals surface area (Å²) in [4.78, 5) is 55.6. The second-order valence-corrected chi connectivity index (χ2v) is 10.6. The molecular formula is C29H18BrN3O5. The Bertz CT molecular complexity index is 1720. The van der Waals surface area contributed by atoms with Crippen LogP contribution in [0.4, 0.5) is 17.1 Å². The van der Waals surface area contributed by atoms with E-state index in [9.17, 15) is 24.5 Å². The minimum Gasteiger partial charge on any atom is -0.354 e. The van der Waals surface area contributed by atoms with Gasteiger partial charge in [-0.25, -0.2) is 0 Å². The maximum atomic E-state index is 14.9. The summed E-state index contributed by atoms with van der Waals surface area (Å²) in [6.45, 7) is 0. The Morgan fingerprint density at radius 2 is 1.66 bits per heavy atom. The summed E-state index contributed by atoms with van der Waals surface area (Å²) in [6.07, 6.45) is 1.25. The number of carbonyl (C=O) groups excluding carboxylic acids is 3. The van der Waals surface area contributed by atoms with E-state index in [-0.39, 0.29) is 40.4 Å². The minimum atomic E-state index is -1.81. The van der Waals surface area contributed by atoms with Gasteiger partial charge in [0.05, 0.1) is 10.6 Å². The maximum Gasteiger partial charge on any atom is 0.269 e. The highest BCUT2D eigenvalue weighted by molar-refractivity contribution is 9.10. The van der Waals surface area contributed by atoms with Gasteiger partial charge in [-0.3, -0.25) is 29.4 Å². The van der Waals surface area contributed by atoms with Crippen LogP contribution in [-0.2, 0) is 15.0 Å². The van der Waals surface area contributed by atoms with Gasteiger partial charge in [0.25, 0.3) is 11.6 Å². The van der Waals surface area contributed by atoms with Crippen LogP contribution < -0.4 is 10.2 Å². The maximum absolute atomic E-state index is 14.9. The first-order chi connectivity index (χ1) is 18.3. The van der Waals surface area contributed by atoms with E-state index < -0.39 is 16.2 Å². The standard InChI is InChI=1S/C29H18BrN3O5/c30-15-8-10-16(11-9-15)32-22-6-3-7-23(34)24(22)29(28(32)36)20-14-17(33(37)38)12-13-21(20)31-26-18-4-1-2-5-19(18)27(35)25(26)29/h1-2,4-5,8-14,31H,3,6-7H2. The fraction of sp³-hybridized carbons (Fsp3) is 0.138. The third kappa shape index (κ3) is 2.76. The number of Topliss-reactive ketones (excluding diaryl/α,β-unsaturated/α-hetero) is 2. The molecule has 1 amide bonds. The molecule has 186 valence electrons. The van der Waals surface area contributed by atoms with Crippen LogP contribution in [0.5, 0.6) is 0 Å². The van der Waals surface area contributed by atoms with Gasteiger partial charge in [0.2, 0.25) is 0 Å². The Labute approximate surface area is 224 Å². The molecule has 1 unspecified atom stereocenters. The molecule has 0 aromatic heterocycles. The Balaban J connectivity index is 1.61. The predicted molar refractivity (Wildman–Crippen MR) is 144 cm³/mol. The second-order valence-electron chi connectivity index (χ2n) is 9.70. The number of ketones is 2. The summed E-state index contributed by atoms with van der Waals surface area (Å²) in [6, 6.07) is 18.5. The lowest BCUT2D eigenvalue weighted by molar-refractivity contribution is -0.384. The van der Waals surface area contributed by atoms with Crippen LogP contribution >= 0.6 is 15.9 Å². The number of nitro groups is 1. The largest absolute Gasteiger partial charge is 0.354 e. The van der Waals surface area contributed by atoms with Gasteiger partial charge in [-0.2, -0.15) is 0 Å². The summed E-state index contributed by atoms with van der Waals surface area (Å²) >= 11 is 3.43. The molecule has 0 saturated heterocycles. The highest BCUT2D eigenvalue weighted by Gasteiger charge is 2.64. The van der Waals surface area contributed by atoms with E-state index in [0.717, 1.165) is 4.47 Å². The van der Waals surface area contributed by atoms with Crippen molar-refractivity contribution in [2.24, 2.45) is 0 Å². The molecule has 0 radical (unpaired) electrons. The highest BCUT2D eigenvalue weighted by atomic mass is 79.9. The number of nitro benzene ring substituents is 1. The van der Waals surface area contributed by atoms with Gasteiger partial charge in [0.15, 0.2) is 11.6 Å². The smallest absolute Gasteiger partial charge is 0.269 e. The van der Waals surface area contributed by atoms with E-state index in [1.807, 2.05) is 6.07 Å². The van der Waals surface area contributed by atoms with Gasteiger partial charge in [-0.15, -0.1) is 0 Å². The average Bonchev–Trinajstić information content (AvgIpc) is 3.34. The summed E-state index contributed by atoms with van der Waals surface area (Å²) in [5.41, 5.74) is 1.69. The van der Waals surface area contributed by atoms with Gasteiger partial charge in [-0.05, 0) is 43.2 Å². The zero-order chi connectivity index (χ0) is 26.3. The molecule has 7 rings (SSSR count). The summed E-state index contributed by atoms with van der Waals surface area (Å²) in [5.74, 6) is -1.07. The molecule has 1 spiro atoms. The zero-order valence-corrected chi connectivity index (χ0v) is 21.4. The van der Waals surface area contributed by atoms with Gasteiger partial charge in [-0.1, -0.05) is 40.2 Å². The molecule has 4 aliphatic rings. The van der Waals surface area contributed by atoms with E-state index in [1.54, 1.807) is 48.5 Å². The normalized spacial score (nSPS) is 21.4. The van der Waals surface area contributed by atoms with E-state index in [2.05, 4.69) is 21.2 Å². The van der Waals surface area contributed by atoms with E-state index in [4.69, 9.17) is 0 Å². The van der Waals surface area contributed by atoms with Crippen molar-refractivity contribution < 1.29 is 19.3 Å². The Morgan fingerprint density at radius 1 is 0.921 bits per heavy atom. The van der Waals surface area contributed by atoms with Crippen LogP contribution in [-0.4, -0.2) is 22.4 Å². The molecule has 2 aliphatic carbocycles. The molecule has 1 atom stereocenters. The molecule has 3 aromatic carbocycles. The molecule has 0 bridgehead atoms. The molecule has 8 nitrogen and oxygen atoms in total. The number of benzene rings is 3. The molecule has 0 fully saturated rings. The third-order valence-electron chi connectivity index (χ3n) is 7.81. The van der Waals surface area contributed by atoms with E-state index in [0.29, 0.717) is 46.7 Å². The minimum absolute atomic E-state index is 0.152. The van der Waals surface area contributed by atoms with Crippen LogP contribution in [0.3, 0.4) is 0 Å². The van der Waals surface area contributed by atoms with Gasteiger partial charge < -0.3 is 5.32 Å². The van der Waals surface area contributed by atoms with Crippen molar-refractivity contribution in [2.45, 2.75) is 24.7 Å². The van der Waals surface area contributed by atoms with Crippen LogP contribution in [0.25, 0.3) is 5.70 Å². The lowest BCUT2D eigenvalue weighted by atomic mass is 9.63. The molecule has 1 N–H and O–H groups in total. The van der Waals surface area contributed by atoms with Gasteiger partial charge in [0.1, 0.15) is 5.41 Å². The van der Waals surface area contributed by atoms with Crippen LogP contribution in [0.1, 0.15) is 40.7 Å². The Morgan fingerprint density at radius 3 is 2.39 bits per heavy atom. The van der Waals surface area contributed by atoms with Crippen molar-refractivity contribution >= 4 is 56.2 Å². The number of fused-ring (bicyclic) bond motifs is 6. The molecular weight excluding hydrogens is 550 g/mol. The Kier molecular flexibility index (Phi) is 4.69. The third-order valence-corrected chi connectivity index (χ3v) is 8.34. The fourth-order valence-corrected chi connectivity index (χ4v) is 6.59. The molecule has 2 aliphatic heterocycles. The lowest BCUT2D eigenvalue weighted by Gasteiger charge is -2.37. The highest BCUT2D eigenvalue weighted by Crippen LogP contribution is 2.60. The number of carbonyl (C=O) groups is 3. The van der Waals surface area contributed by atoms with Crippen molar-refractivity contribution in [3.05, 3.63) is 115 Å². The number of nitrogens with one attached hydrogen (secondary N) is 1. The monoisotopic (exact) mass is 567 g/mol. The van der Waals surface area contributed by atoms with Crippen molar-refractivity contribution in [2.75, 3.05) is 10.2 Å². The van der Waals surface area contributed by atoms with Crippen molar-refractivity contribution in [3.63, 3.8) is 0 Å². The second kappa shape index (κ2) is 7.82. The fourth-order valence-electron chi connectivity index (χ4n) is 6.32. The predicted octanol–water partition coefficient (Wildman–Crippen LogP) is 5.68. The number of amides is 1.